The fourth-order valence-corrected chi connectivity index (χ4v) is 3.29. The largest absolute Gasteiger partial charge is 0.455 e. The molecule has 0 fully saturated rings. The summed E-state index contributed by atoms with van der Waals surface area (Å²) < 4.78 is 32.9. The van der Waals surface area contributed by atoms with Crippen molar-refractivity contribution in [2.75, 3.05) is 5.43 Å². The summed E-state index contributed by atoms with van der Waals surface area (Å²) in [4.78, 5) is -0.0135. The molecular weight excluding hydrogens is 378 g/mol. The molecule has 0 bridgehead atoms. The molecule has 0 aliphatic carbocycles. The van der Waals surface area contributed by atoms with E-state index in [9.17, 15) is 8.42 Å². The Kier molecular flexibility index (Phi) is 5.46. The van der Waals surface area contributed by atoms with Gasteiger partial charge in [0, 0.05) is 5.56 Å². The number of rotatable bonds is 6. The first-order valence-corrected chi connectivity index (χ1v) is 9.70. The summed E-state index contributed by atoms with van der Waals surface area (Å²) in [7, 11) is -3.92. The van der Waals surface area contributed by atoms with Gasteiger partial charge in [0.2, 0.25) is 5.96 Å². The number of sulfonamides is 1. The summed E-state index contributed by atoms with van der Waals surface area (Å²) in [6.45, 7) is 1.99. The second kappa shape index (κ2) is 7.97. The number of nitrogens with one attached hydrogen (secondary N) is 1. The number of anilines is 1. The Morgan fingerprint density at radius 3 is 2.43 bits per heavy atom. The van der Waals surface area contributed by atoms with Crippen molar-refractivity contribution in [3.63, 3.8) is 0 Å². The van der Waals surface area contributed by atoms with Crippen LogP contribution >= 0.6 is 0 Å². The van der Waals surface area contributed by atoms with Gasteiger partial charge in [0.25, 0.3) is 10.0 Å². The normalized spacial score (nSPS) is 11.5. The van der Waals surface area contributed by atoms with Crippen LogP contribution in [0.5, 0.6) is 0 Å². The van der Waals surface area contributed by atoms with Crippen molar-refractivity contribution in [2.24, 2.45) is 21.0 Å². The highest BCUT2D eigenvalue weighted by Gasteiger charge is 2.13. The van der Waals surface area contributed by atoms with Crippen molar-refractivity contribution in [3.8, 4) is 11.3 Å². The predicted molar refractivity (Wildman–Crippen MR) is 110 cm³/mol. The van der Waals surface area contributed by atoms with E-state index < -0.39 is 16.0 Å². The Morgan fingerprint density at radius 2 is 1.75 bits per heavy atom. The molecule has 2 aromatic carbocycles. The zero-order valence-electron chi connectivity index (χ0n) is 15.0. The number of hydrogen-bond acceptors (Lipinski definition) is 5. The lowest BCUT2D eigenvalue weighted by Crippen LogP contribution is -2.24. The summed E-state index contributed by atoms with van der Waals surface area (Å²) in [6, 6.07) is 17.4. The van der Waals surface area contributed by atoms with Gasteiger partial charge in [-0.2, -0.15) is 13.5 Å². The quantitative estimate of drug-likeness (QED) is 0.332. The molecule has 9 heteroatoms. The van der Waals surface area contributed by atoms with Gasteiger partial charge in [-0.05, 0) is 55.0 Å². The number of guanidine groups is 1. The number of nitrogens with zero attached hydrogens (tertiary/aromatic N) is 2. The van der Waals surface area contributed by atoms with Crippen LogP contribution < -0.4 is 16.9 Å². The average Bonchev–Trinajstić information content (AvgIpc) is 3.11. The molecule has 0 unspecified atom stereocenters. The first kappa shape index (κ1) is 19.2. The summed E-state index contributed by atoms with van der Waals surface area (Å²) in [5, 5.41) is 4.17. The number of hydrogen-bond donors (Lipinski definition) is 3. The molecule has 144 valence electrons. The number of aryl methyl sites for hydroxylation is 1. The molecule has 1 aromatic heterocycles. The highest BCUT2D eigenvalue weighted by atomic mass is 32.2. The minimum Gasteiger partial charge on any atom is -0.455 e. The molecule has 0 saturated heterocycles. The van der Waals surface area contributed by atoms with E-state index in [-0.39, 0.29) is 4.90 Å². The minimum atomic E-state index is -3.92. The van der Waals surface area contributed by atoms with Crippen LogP contribution in [0.15, 0.2) is 79.5 Å². The lowest BCUT2D eigenvalue weighted by atomic mass is 10.2. The molecule has 0 spiro atoms. The zero-order valence-corrected chi connectivity index (χ0v) is 15.8. The molecule has 3 aromatic rings. The number of para-hydroxylation sites is 1. The van der Waals surface area contributed by atoms with Crippen LogP contribution in [0.1, 0.15) is 11.3 Å². The third kappa shape index (κ3) is 4.57. The van der Waals surface area contributed by atoms with Gasteiger partial charge in [-0.25, -0.2) is 0 Å². The SMILES string of the molecule is Cc1ccccc1N/N=C/c1ccc(-c2ccc(S(=O)(=O)N=C(N)N)cc2)o1. The molecule has 0 amide bonds. The lowest BCUT2D eigenvalue weighted by molar-refractivity contribution is 0.575. The van der Waals surface area contributed by atoms with Crippen molar-refractivity contribution in [2.45, 2.75) is 11.8 Å². The second-order valence-electron chi connectivity index (χ2n) is 5.90. The van der Waals surface area contributed by atoms with Gasteiger partial charge in [0.15, 0.2) is 0 Å². The van der Waals surface area contributed by atoms with E-state index in [0.717, 1.165) is 11.3 Å². The molecule has 0 saturated carbocycles. The third-order valence-electron chi connectivity index (χ3n) is 3.81. The molecule has 5 N–H and O–H groups in total. The molecular formula is C19H19N5O3S. The number of hydrazone groups is 1. The monoisotopic (exact) mass is 397 g/mol. The zero-order chi connectivity index (χ0) is 20.1. The Morgan fingerprint density at radius 1 is 1.04 bits per heavy atom. The average molecular weight is 397 g/mol. The first-order chi connectivity index (χ1) is 13.3. The lowest BCUT2D eigenvalue weighted by Gasteiger charge is -2.02. The number of benzene rings is 2. The summed E-state index contributed by atoms with van der Waals surface area (Å²) >= 11 is 0. The predicted octanol–water partition coefficient (Wildman–Crippen LogP) is 2.66. The summed E-state index contributed by atoms with van der Waals surface area (Å²) in [5.41, 5.74) is 15.9. The van der Waals surface area contributed by atoms with Crippen molar-refractivity contribution in [1.29, 1.82) is 0 Å². The van der Waals surface area contributed by atoms with Crippen LogP contribution in [0.4, 0.5) is 5.69 Å². The summed E-state index contributed by atoms with van der Waals surface area (Å²) in [6.07, 6.45) is 1.56. The Bertz CT molecular complexity index is 1130. The van der Waals surface area contributed by atoms with Gasteiger partial charge in [0.05, 0.1) is 16.8 Å². The molecule has 0 aliphatic rings. The highest BCUT2D eigenvalue weighted by molar-refractivity contribution is 7.90. The van der Waals surface area contributed by atoms with Crippen LogP contribution in [0.3, 0.4) is 0 Å². The maximum absolute atomic E-state index is 12.0. The van der Waals surface area contributed by atoms with Gasteiger partial charge in [-0.1, -0.05) is 18.2 Å². The van der Waals surface area contributed by atoms with Gasteiger partial charge < -0.3 is 15.9 Å². The van der Waals surface area contributed by atoms with Crippen molar-refractivity contribution in [3.05, 3.63) is 72.0 Å². The van der Waals surface area contributed by atoms with Gasteiger partial charge in [-0.3, -0.25) is 5.43 Å². The van der Waals surface area contributed by atoms with Gasteiger partial charge in [0.1, 0.15) is 11.5 Å². The molecule has 0 atom stereocenters. The van der Waals surface area contributed by atoms with Crippen LogP contribution in [0.2, 0.25) is 0 Å². The van der Waals surface area contributed by atoms with E-state index in [0.29, 0.717) is 17.1 Å². The molecule has 8 nitrogen and oxygen atoms in total. The second-order valence-corrected chi connectivity index (χ2v) is 7.51. The van der Waals surface area contributed by atoms with Crippen LogP contribution in [0, 0.1) is 6.92 Å². The van der Waals surface area contributed by atoms with Gasteiger partial charge >= 0.3 is 0 Å². The fourth-order valence-electron chi connectivity index (χ4n) is 2.42. The molecule has 0 radical (unpaired) electrons. The van der Waals surface area contributed by atoms with E-state index in [1.165, 1.54) is 12.1 Å². The number of furan rings is 1. The van der Waals surface area contributed by atoms with Crippen molar-refractivity contribution in [1.82, 2.24) is 0 Å². The van der Waals surface area contributed by atoms with Gasteiger partial charge in [-0.15, -0.1) is 4.40 Å². The van der Waals surface area contributed by atoms with E-state index in [1.807, 2.05) is 31.2 Å². The van der Waals surface area contributed by atoms with Crippen molar-refractivity contribution >= 4 is 27.9 Å². The van der Waals surface area contributed by atoms with E-state index in [4.69, 9.17) is 15.9 Å². The molecule has 1 heterocycles. The minimum absolute atomic E-state index is 0.0135. The Labute approximate surface area is 162 Å². The van der Waals surface area contributed by atoms with E-state index >= 15 is 0 Å². The summed E-state index contributed by atoms with van der Waals surface area (Å²) in [5.74, 6) is 0.606. The highest BCUT2D eigenvalue weighted by Crippen LogP contribution is 2.24. The smallest absolute Gasteiger partial charge is 0.285 e. The van der Waals surface area contributed by atoms with Crippen LogP contribution in [-0.2, 0) is 10.0 Å². The molecule has 28 heavy (non-hydrogen) atoms. The first-order valence-electron chi connectivity index (χ1n) is 8.26. The van der Waals surface area contributed by atoms with Crippen LogP contribution in [-0.4, -0.2) is 20.6 Å². The molecule has 0 aliphatic heterocycles. The standard InChI is InChI=1S/C19H19N5O3S/c1-13-4-2-3-5-17(13)23-22-12-15-8-11-18(27-15)14-6-9-16(10-7-14)28(25,26)24-19(20)21/h2-12,23H,1H3,(H4,20,21,24)/b22-12+. The third-order valence-corrected chi connectivity index (χ3v) is 5.13. The van der Waals surface area contributed by atoms with E-state index in [2.05, 4.69) is 14.9 Å². The molecule has 3 rings (SSSR count). The Balaban J connectivity index is 1.73. The number of nitrogens with two attached hydrogens (primary N) is 2. The van der Waals surface area contributed by atoms with E-state index in [1.54, 1.807) is 30.5 Å². The topological polar surface area (TPSA) is 136 Å². The van der Waals surface area contributed by atoms with Crippen LogP contribution in [0.25, 0.3) is 11.3 Å². The Hall–Kier alpha value is -3.59. The van der Waals surface area contributed by atoms with Crippen molar-refractivity contribution < 1.29 is 12.8 Å². The maximum atomic E-state index is 12.0. The maximum Gasteiger partial charge on any atom is 0.285 e. The fraction of sp³-hybridized carbons (Fsp3) is 0.0526.